The highest BCUT2D eigenvalue weighted by molar-refractivity contribution is 5.70. The molecular weight excluding hydrogens is 366 g/mol. The van der Waals surface area contributed by atoms with Gasteiger partial charge in [0.05, 0.1) is 11.4 Å². The highest BCUT2D eigenvalue weighted by atomic mass is 16.1. The molecule has 0 fully saturated rings. The first kappa shape index (κ1) is 17.9. The summed E-state index contributed by atoms with van der Waals surface area (Å²) in [6.07, 6.45) is 3.10. The molecule has 1 aromatic heterocycles. The van der Waals surface area contributed by atoms with E-state index in [0.29, 0.717) is 23.0 Å². The highest BCUT2D eigenvalue weighted by Gasteiger charge is 2.17. The van der Waals surface area contributed by atoms with Gasteiger partial charge in [-0.2, -0.15) is 9.98 Å². The molecule has 0 spiro atoms. The molecule has 0 aliphatic carbocycles. The molecule has 0 saturated carbocycles. The van der Waals surface area contributed by atoms with E-state index in [4.69, 9.17) is 0 Å². The standard InChI is InChI=1S/C22H13N5O2/c28-14-23-18-8-4-6-16(12-18)21-25-26-22(27(21)20-10-2-1-3-11-20)17-7-5-9-19(13-17)24-15-29/h1-13H. The van der Waals surface area contributed by atoms with E-state index in [1.807, 2.05) is 47.0 Å². The Balaban J connectivity index is 1.95. The number of benzene rings is 3. The molecule has 0 aliphatic heterocycles. The van der Waals surface area contributed by atoms with Crippen molar-refractivity contribution in [2.24, 2.45) is 9.98 Å². The SMILES string of the molecule is O=C=Nc1cccc(-c2nnc(-c3cccc(N=C=O)c3)n2-c2ccccc2)c1. The molecule has 4 aromatic rings. The van der Waals surface area contributed by atoms with Crippen molar-refractivity contribution >= 4 is 23.5 Å². The maximum absolute atomic E-state index is 10.6. The van der Waals surface area contributed by atoms with Crippen molar-refractivity contribution in [3.63, 3.8) is 0 Å². The lowest BCUT2D eigenvalue weighted by Gasteiger charge is -2.11. The summed E-state index contributed by atoms with van der Waals surface area (Å²) < 4.78 is 1.90. The quantitative estimate of drug-likeness (QED) is 0.376. The molecule has 0 saturated heterocycles. The minimum absolute atomic E-state index is 0.476. The van der Waals surface area contributed by atoms with E-state index < -0.39 is 0 Å². The van der Waals surface area contributed by atoms with Crippen LogP contribution in [-0.4, -0.2) is 26.9 Å². The lowest BCUT2D eigenvalue weighted by atomic mass is 10.1. The highest BCUT2D eigenvalue weighted by Crippen LogP contribution is 2.31. The summed E-state index contributed by atoms with van der Waals surface area (Å²) in [5.41, 5.74) is 3.29. The summed E-state index contributed by atoms with van der Waals surface area (Å²) in [5, 5.41) is 8.76. The van der Waals surface area contributed by atoms with Crippen LogP contribution in [0.3, 0.4) is 0 Å². The van der Waals surface area contributed by atoms with E-state index in [0.717, 1.165) is 16.8 Å². The molecule has 0 amide bonds. The fourth-order valence-electron chi connectivity index (χ4n) is 3.01. The normalized spacial score (nSPS) is 10.1. The lowest BCUT2D eigenvalue weighted by molar-refractivity contribution is 0.564. The van der Waals surface area contributed by atoms with Crippen LogP contribution in [0.5, 0.6) is 0 Å². The summed E-state index contributed by atoms with van der Waals surface area (Å²) in [7, 11) is 0. The van der Waals surface area contributed by atoms with Crippen LogP contribution in [0, 0.1) is 0 Å². The number of isocyanates is 2. The van der Waals surface area contributed by atoms with Crippen molar-refractivity contribution in [1.29, 1.82) is 0 Å². The summed E-state index contributed by atoms with van der Waals surface area (Å²) in [6.45, 7) is 0. The lowest BCUT2D eigenvalue weighted by Crippen LogP contribution is -2.00. The Bertz CT molecular complexity index is 1190. The molecule has 0 bridgehead atoms. The van der Waals surface area contributed by atoms with E-state index in [9.17, 15) is 9.59 Å². The first-order valence-corrected chi connectivity index (χ1v) is 8.67. The fourth-order valence-corrected chi connectivity index (χ4v) is 3.01. The van der Waals surface area contributed by atoms with E-state index in [1.165, 1.54) is 0 Å². The van der Waals surface area contributed by atoms with Gasteiger partial charge in [0.2, 0.25) is 12.2 Å². The molecule has 1 heterocycles. The molecule has 0 aliphatic rings. The maximum Gasteiger partial charge on any atom is 0.240 e. The second-order valence-electron chi connectivity index (χ2n) is 6.03. The topological polar surface area (TPSA) is 89.6 Å². The monoisotopic (exact) mass is 379 g/mol. The molecule has 0 unspecified atom stereocenters. The van der Waals surface area contributed by atoms with Gasteiger partial charge in [0.25, 0.3) is 0 Å². The van der Waals surface area contributed by atoms with Gasteiger partial charge in [-0.1, -0.05) is 42.5 Å². The molecule has 0 radical (unpaired) electrons. The molecule has 29 heavy (non-hydrogen) atoms. The first-order valence-electron chi connectivity index (χ1n) is 8.67. The Morgan fingerprint density at radius 2 is 1.17 bits per heavy atom. The Morgan fingerprint density at radius 1 is 0.655 bits per heavy atom. The third-order valence-electron chi connectivity index (χ3n) is 4.24. The van der Waals surface area contributed by atoms with Crippen LogP contribution in [0.2, 0.25) is 0 Å². The van der Waals surface area contributed by atoms with Crippen molar-refractivity contribution in [3.05, 3.63) is 78.9 Å². The maximum atomic E-state index is 10.6. The summed E-state index contributed by atoms with van der Waals surface area (Å²) in [6, 6.07) is 23.8. The fraction of sp³-hybridized carbons (Fsp3) is 0. The van der Waals surface area contributed by atoms with Gasteiger partial charge in [-0.05, 0) is 36.4 Å². The molecule has 0 N–H and O–H groups in total. The van der Waals surface area contributed by atoms with Gasteiger partial charge in [-0.3, -0.25) is 4.57 Å². The smallest absolute Gasteiger partial charge is 0.240 e. The number of carbonyl (C=O) groups excluding carboxylic acids is 2. The van der Waals surface area contributed by atoms with Crippen LogP contribution in [-0.2, 0) is 9.59 Å². The molecule has 7 nitrogen and oxygen atoms in total. The van der Waals surface area contributed by atoms with Crippen LogP contribution in [0.1, 0.15) is 0 Å². The van der Waals surface area contributed by atoms with Gasteiger partial charge < -0.3 is 0 Å². The minimum atomic E-state index is 0.476. The Kier molecular flexibility index (Phi) is 4.99. The van der Waals surface area contributed by atoms with Gasteiger partial charge in [-0.15, -0.1) is 10.2 Å². The van der Waals surface area contributed by atoms with Crippen LogP contribution in [0.4, 0.5) is 11.4 Å². The van der Waals surface area contributed by atoms with E-state index in [2.05, 4.69) is 20.2 Å². The van der Waals surface area contributed by atoms with E-state index in [-0.39, 0.29) is 0 Å². The summed E-state index contributed by atoms with van der Waals surface area (Å²) >= 11 is 0. The van der Waals surface area contributed by atoms with Crippen molar-refractivity contribution in [2.75, 3.05) is 0 Å². The molecule has 7 heteroatoms. The predicted octanol–water partition coefficient (Wildman–Crippen LogP) is 4.54. The molecule has 138 valence electrons. The molecule has 3 aromatic carbocycles. The number of hydrogen-bond donors (Lipinski definition) is 0. The molecular formula is C22H13N5O2. The second-order valence-corrected chi connectivity index (χ2v) is 6.03. The molecule has 4 rings (SSSR count). The number of rotatable bonds is 5. The van der Waals surface area contributed by atoms with Crippen LogP contribution < -0.4 is 0 Å². The minimum Gasteiger partial charge on any atom is -0.275 e. The van der Waals surface area contributed by atoms with Crippen molar-refractivity contribution < 1.29 is 9.59 Å². The van der Waals surface area contributed by atoms with Crippen LogP contribution in [0.25, 0.3) is 28.5 Å². The molecule has 0 atom stereocenters. The number of nitrogens with zero attached hydrogens (tertiary/aromatic N) is 5. The zero-order valence-electron chi connectivity index (χ0n) is 15.1. The van der Waals surface area contributed by atoms with Gasteiger partial charge in [0.1, 0.15) is 0 Å². The van der Waals surface area contributed by atoms with Crippen molar-refractivity contribution in [3.8, 4) is 28.5 Å². The zero-order valence-corrected chi connectivity index (χ0v) is 15.1. The van der Waals surface area contributed by atoms with Gasteiger partial charge >= 0.3 is 0 Å². The van der Waals surface area contributed by atoms with Crippen LogP contribution in [0.15, 0.2) is 88.8 Å². The largest absolute Gasteiger partial charge is 0.275 e. The van der Waals surface area contributed by atoms with Gasteiger partial charge in [-0.25, -0.2) is 9.59 Å². The number of hydrogen-bond acceptors (Lipinski definition) is 6. The summed E-state index contributed by atoms with van der Waals surface area (Å²) in [4.78, 5) is 28.6. The third-order valence-corrected chi connectivity index (χ3v) is 4.24. The first-order chi connectivity index (χ1) is 14.3. The average Bonchev–Trinajstić information content (AvgIpc) is 3.21. The summed E-state index contributed by atoms with van der Waals surface area (Å²) in [5.74, 6) is 1.16. The van der Waals surface area contributed by atoms with E-state index in [1.54, 1.807) is 48.6 Å². The van der Waals surface area contributed by atoms with Crippen LogP contribution >= 0.6 is 0 Å². The Morgan fingerprint density at radius 3 is 1.66 bits per heavy atom. The zero-order chi connectivity index (χ0) is 20.1. The van der Waals surface area contributed by atoms with E-state index >= 15 is 0 Å². The Hall–Kier alpha value is -4.44. The van der Waals surface area contributed by atoms with Crippen molar-refractivity contribution in [2.45, 2.75) is 0 Å². The second kappa shape index (κ2) is 8.06. The number of para-hydroxylation sites is 1. The third kappa shape index (κ3) is 3.68. The predicted molar refractivity (Wildman–Crippen MR) is 108 cm³/mol. The average molecular weight is 379 g/mol. The van der Waals surface area contributed by atoms with Crippen molar-refractivity contribution in [1.82, 2.24) is 14.8 Å². The van der Waals surface area contributed by atoms with Gasteiger partial charge in [0.15, 0.2) is 11.6 Å². The number of aliphatic imine (C=N–C) groups is 2. The number of aromatic nitrogens is 3. The van der Waals surface area contributed by atoms with Gasteiger partial charge in [0, 0.05) is 16.8 Å². The Labute approximate surface area is 165 Å².